The van der Waals surface area contributed by atoms with Crippen molar-refractivity contribution in [3.05, 3.63) is 33.8 Å². The van der Waals surface area contributed by atoms with Gasteiger partial charge >= 0.3 is 0 Å². The number of aliphatic hydroxyl groups excluding tert-OH is 1. The molecule has 1 aliphatic rings. The molecule has 1 aliphatic heterocycles. The van der Waals surface area contributed by atoms with Gasteiger partial charge in [0.15, 0.2) is 6.10 Å². The third-order valence-electron chi connectivity index (χ3n) is 3.52. The second kappa shape index (κ2) is 6.76. The lowest BCUT2D eigenvalue weighted by molar-refractivity contribution is -0.143. The maximum Gasteiger partial charge on any atom is 0.256 e. The van der Waals surface area contributed by atoms with Crippen molar-refractivity contribution in [3.8, 4) is 0 Å². The van der Waals surface area contributed by atoms with Gasteiger partial charge in [-0.1, -0.05) is 23.2 Å². The van der Waals surface area contributed by atoms with Gasteiger partial charge in [-0.2, -0.15) is 0 Å². The molecule has 1 atom stereocenters. The van der Waals surface area contributed by atoms with Crippen LogP contribution in [0.1, 0.15) is 24.5 Å². The van der Waals surface area contributed by atoms with Gasteiger partial charge in [-0.3, -0.25) is 4.79 Å². The summed E-state index contributed by atoms with van der Waals surface area (Å²) in [5, 5.41) is 11.0. The van der Waals surface area contributed by atoms with Crippen LogP contribution in [0.4, 0.5) is 0 Å². The number of aliphatic hydroxyl groups is 1. The van der Waals surface area contributed by atoms with Crippen LogP contribution in [0.5, 0.6) is 0 Å². The maximum atomic E-state index is 12.3. The van der Waals surface area contributed by atoms with Crippen LogP contribution in [0.2, 0.25) is 10.0 Å². The number of rotatable bonds is 3. The fourth-order valence-corrected chi connectivity index (χ4v) is 2.86. The second-order valence-electron chi connectivity index (χ2n) is 4.90. The Morgan fingerprint density at radius 3 is 2.40 bits per heavy atom. The number of carbonyl (C=O) groups excluding carboxylic acids is 1. The molecule has 0 bridgehead atoms. The van der Waals surface area contributed by atoms with Crippen molar-refractivity contribution in [1.82, 2.24) is 4.90 Å². The van der Waals surface area contributed by atoms with Gasteiger partial charge in [-0.05, 0) is 36.6 Å². The highest BCUT2D eigenvalue weighted by atomic mass is 35.5. The summed E-state index contributed by atoms with van der Waals surface area (Å²) in [6.07, 6.45) is 0.315. The van der Waals surface area contributed by atoms with Crippen LogP contribution in [0.3, 0.4) is 0 Å². The van der Waals surface area contributed by atoms with Crippen LogP contribution in [-0.4, -0.2) is 42.2 Å². The van der Waals surface area contributed by atoms with Crippen LogP contribution in [0, 0.1) is 0 Å². The highest BCUT2D eigenvalue weighted by Crippen LogP contribution is 2.25. The maximum absolute atomic E-state index is 12.3. The van der Waals surface area contributed by atoms with E-state index >= 15 is 0 Å². The first-order valence-corrected chi connectivity index (χ1v) is 7.23. The molecule has 110 valence electrons. The van der Waals surface area contributed by atoms with Crippen LogP contribution in [-0.2, 0) is 9.53 Å². The molecule has 1 unspecified atom stereocenters. The Bertz CT molecular complexity index is 469. The van der Waals surface area contributed by atoms with Gasteiger partial charge in [0.2, 0.25) is 0 Å². The predicted molar refractivity (Wildman–Crippen MR) is 78.0 cm³/mol. The SMILES string of the molecule is CN(C(=O)C(O)c1cc(Cl)cc(Cl)c1)C1CCOCC1. The minimum absolute atomic E-state index is 0.0977. The number of benzene rings is 1. The Balaban J connectivity index is 2.10. The minimum atomic E-state index is -1.25. The Morgan fingerprint density at radius 1 is 1.30 bits per heavy atom. The van der Waals surface area contributed by atoms with Gasteiger partial charge in [-0.25, -0.2) is 0 Å². The molecular weight excluding hydrogens is 301 g/mol. The predicted octanol–water partition coefficient (Wildman–Crippen LogP) is 2.66. The fourth-order valence-electron chi connectivity index (χ4n) is 2.32. The number of amides is 1. The highest BCUT2D eigenvalue weighted by Gasteiger charge is 2.28. The summed E-state index contributed by atoms with van der Waals surface area (Å²) < 4.78 is 5.27. The average molecular weight is 318 g/mol. The number of hydrogen-bond acceptors (Lipinski definition) is 3. The summed E-state index contributed by atoms with van der Waals surface area (Å²) in [6, 6.07) is 4.76. The molecule has 0 radical (unpaired) electrons. The number of halogens is 2. The van der Waals surface area contributed by atoms with Gasteiger partial charge in [0.05, 0.1) is 0 Å². The van der Waals surface area contributed by atoms with Crippen molar-refractivity contribution in [1.29, 1.82) is 0 Å². The van der Waals surface area contributed by atoms with E-state index in [9.17, 15) is 9.90 Å². The van der Waals surface area contributed by atoms with Crippen molar-refractivity contribution in [2.75, 3.05) is 20.3 Å². The van der Waals surface area contributed by atoms with Gasteiger partial charge in [-0.15, -0.1) is 0 Å². The number of carbonyl (C=O) groups is 1. The normalized spacial score (nSPS) is 17.8. The summed E-state index contributed by atoms with van der Waals surface area (Å²) in [5.74, 6) is -0.352. The zero-order chi connectivity index (χ0) is 14.7. The first-order chi connectivity index (χ1) is 9.49. The van der Waals surface area contributed by atoms with E-state index in [0.717, 1.165) is 12.8 Å². The molecule has 1 N–H and O–H groups in total. The van der Waals surface area contributed by atoms with Crippen molar-refractivity contribution in [2.45, 2.75) is 25.0 Å². The summed E-state index contributed by atoms with van der Waals surface area (Å²) >= 11 is 11.8. The first-order valence-electron chi connectivity index (χ1n) is 6.47. The van der Waals surface area contributed by atoms with Gasteiger partial charge in [0.25, 0.3) is 5.91 Å². The molecule has 1 amide bonds. The molecule has 20 heavy (non-hydrogen) atoms. The van der Waals surface area contributed by atoms with E-state index in [1.54, 1.807) is 30.1 Å². The molecule has 1 aromatic carbocycles. The smallest absolute Gasteiger partial charge is 0.256 e. The molecule has 2 rings (SSSR count). The Kier molecular flexibility index (Phi) is 5.27. The van der Waals surface area contributed by atoms with E-state index < -0.39 is 6.10 Å². The Labute approximate surface area is 128 Å². The molecule has 4 nitrogen and oxygen atoms in total. The topological polar surface area (TPSA) is 49.8 Å². The van der Waals surface area contributed by atoms with E-state index in [2.05, 4.69) is 0 Å². The molecule has 0 aliphatic carbocycles. The summed E-state index contributed by atoms with van der Waals surface area (Å²) in [6.45, 7) is 1.28. The molecule has 1 saturated heterocycles. The molecular formula is C14H17Cl2NO3. The molecule has 1 fully saturated rings. The van der Waals surface area contributed by atoms with Crippen molar-refractivity contribution in [3.63, 3.8) is 0 Å². The van der Waals surface area contributed by atoms with Crippen LogP contribution < -0.4 is 0 Å². The molecule has 0 aromatic heterocycles. The average Bonchev–Trinajstić information content (AvgIpc) is 2.45. The highest BCUT2D eigenvalue weighted by molar-refractivity contribution is 6.34. The van der Waals surface area contributed by atoms with E-state index in [1.165, 1.54) is 0 Å². The van der Waals surface area contributed by atoms with E-state index in [-0.39, 0.29) is 11.9 Å². The van der Waals surface area contributed by atoms with Gasteiger partial charge in [0, 0.05) is 36.3 Å². The van der Waals surface area contributed by atoms with Crippen molar-refractivity contribution < 1.29 is 14.6 Å². The Hall–Kier alpha value is -0.810. The number of ether oxygens (including phenoxy) is 1. The number of hydrogen-bond donors (Lipinski definition) is 1. The molecule has 1 aromatic rings. The second-order valence-corrected chi connectivity index (χ2v) is 5.77. The molecule has 0 saturated carbocycles. The number of nitrogens with zero attached hydrogens (tertiary/aromatic N) is 1. The lowest BCUT2D eigenvalue weighted by Crippen LogP contribution is -2.42. The number of likely N-dealkylation sites (N-methyl/N-ethyl adjacent to an activating group) is 1. The van der Waals surface area contributed by atoms with Crippen molar-refractivity contribution in [2.24, 2.45) is 0 Å². The van der Waals surface area contributed by atoms with Crippen LogP contribution >= 0.6 is 23.2 Å². The lowest BCUT2D eigenvalue weighted by atomic mass is 10.0. The third kappa shape index (κ3) is 3.64. The fraction of sp³-hybridized carbons (Fsp3) is 0.500. The first kappa shape index (κ1) is 15.6. The standard InChI is InChI=1S/C14H17Cl2NO3/c1-17(12-2-4-20-5-3-12)14(19)13(18)9-6-10(15)8-11(16)7-9/h6-8,12-13,18H,2-5H2,1H3. The van der Waals surface area contributed by atoms with E-state index in [0.29, 0.717) is 28.8 Å². The summed E-state index contributed by atoms with van der Waals surface area (Å²) in [7, 11) is 1.70. The van der Waals surface area contributed by atoms with Gasteiger partial charge in [0.1, 0.15) is 0 Å². The Morgan fingerprint density at radius 2 is 1.85 bits per heavy atom. The van der Waals surface area contributed by atoms with Crippen LogP contribution in [0.15, 0.2) is 18.2 Å². The molecule has 6 heteroatoms. The molecule has 0 spiro atoms. The largest absolute Gasteiger partial charge is 0.381 e. The molecule has 1 heterocycles. The minimum Gasteiger partial charge on any atom is -0.381 e. The quantitative estimate of drug-likeness (QED) is 0.932. The lowest BCUT2D eigenvalue weighted by Gasteiger charge is -2.32. The zero-order valence-electron chi connectivity index (χ0n) is 11.2. The summed E-state index contributed by atoms with van der Waals surface area (Å²) in [5.41, 5.74) is 0.409. The zero-order valence-corrected chi connectivity index (χ0v) is 12.7. The third-order valence-corrected chi connectivity index (χ3v) is 3.96. The van der Waals surface area contributed by atoms with E-state index in [4.69, 9.17) is 27.9 Å². The van der Waals surface area contributed by atoms with Crippen LogP contribution in [0.25, 0.3) is 0 Å². The van der Waals surface area contributed by atoms with Crippen molar-refractivity contribution >= 4 is 29.1 Å². The summed E-state index contributed by atoms with van der Waals surface area (Å²) in [4.78, 5) is 13.9. The van der Waals surface area contributed by atoms with E-state index in [1.807, 2.05) is 0 Å². The van der Waals surface area contributed by atoms with Gasteiger partial charge < -0.3 is 14.7 Å². The monoisotopic (exact) mass is 317 g/mol.